The molecule has 0 aromatic carbocycles. The van der Waals surface area contributed by atoms with Crippen LogP contribution in [0, 0.1) is 12.8 Å². The zero-order valence-corrected chi connectivity index (χ0v) is 12.9. The van der Waals surface area contributed by atoms with Crippen LogP contribution in [-0.2, 0) is 0 Å². The number of hydrogen-bond donors (Lipinski definition) is 1. The van der Waals surface area contributed by atoms with E-state index in [0.717, 1.165) is 31.0 Å². The third-order valence-electron chi connectivity index (χ3n) is 3.83. The number of amides is 1. The summed E-state index contributed by atoms with van der Waals surface area (Å²) in [5, 5.41) is 6.97. The quantitative estimate of drug-likeness (QED) is 0.943. The molecular formula is C16H20N4O2. The highest BCUT2D eigenvalue weighted by molar-refractivity contribution is 5.95. The van der Waals surface area contributed by atoms with Crippen LogP contribution in [-0.4, -0.2) is 34.0 Å². The number of carbonyl (C=O) groups is 1. The molecule has 2 aromatic heterocycles. The van der Waals surface area contributed by atoms with Gasteiger partial charge in [0.2, 0.25) is 0 Å². The zero-order chi connectivity index (χ0) is 15.5. The summed E-state index contributed by atoms with van der Waals surface area (Å²) in [4.78, 5) is 18.6. The van der Waals surface area contributed by atoms with Crippen molar-refractivity contribution in [3.05, 3.63) is 35.9 Å². The molecule has 1 N–H and O–H groups in total. The van der Waals surface area contributed by atoms with Crippen molar-refractivity contribution in [1.29, 1.82) is 0 Å². The Morgan fingerprint density at radius 2 is 2.27 bits per heavy atom. The number of nitrogens with one attached hydrogen (secondary N) is 1. The van der Waals surface area contributed by atoms with Crippen LogP contribution in [0.3, 0.4) is 0 Å². The lowest BCUT2D eigenvalue weighted by Crippen LogP contribution is -2.39. The summed E-state index contributed by atoms with van der Waals surface area (Å²) < 4.78 is 5.01. The van der Waals surface area contributed by atoms with Crippen LogP contribution in [0.25, 0.3) is 0 Å². The van der Waals surface area contributed by atoms with E-state index < -0.39 is 0 Å². The molecule has 1 aliphatic rings. The Morgan fingerprint density at radius 1 is 1.41 bits per heavy atom. The zero-order valence-electron chi connectivity index (χ0n) is 12.9. The third kappa shape index (κ3) is 3.27. The summed E-state index contributed by atoms with van der Waals surface area (Å²) in [6.07, 6.45) is 5.53. The third-order valence-corrected chi connectivity index (χ3v) is 3.83. The van der Waals surface area contributed by atoms with Crippen molar-refractivity contribution < 1.29 is 9.32 Å². The fourth-order valence-corrected chi connectivity index (χ4v) is 2.75. The van der Waals surface area contributed by atoms with Gasteiger partial charge in [-0.2, -0.15) is 0 Å². The molecule has 116 valence electrons. The van der Waals surface area contributed by atoms with E-state index in [1.807, 2.05) is 11.8 Å². The Morgan fingerprint density at radius 3 is 3.00 bits per heavy atom. The predicted octanol–water partition coefficient (Wildman–Crippen LogP) is 2.99. The van der Waals surface area contributed by atoms with Crippen molar-refractivity contribution in [3.8, 4) is 0 Å². The van der Waals surface area contributed by atoms with Gasteiger partial charge in [0.25, 0.3) is 5.91 Å². The SMILES string of the molecule is Cc1cc(Nc2cncc(C(=O)N3CCCC(C)C3)c2)no1. The van der Waals surface area contributed by atoms with Crippen molar-refractivity contribution in [2.75, 3.05) is 18.4 Å². The molecule has 0 saturated carbocycles. The van der Waals surface area contributed by atoms with E-state index in [0.29, 0.717) is 17.3 Å². The lowest BCUT2D eigenvalue weighted by molar-refractivity contribution is 0.0682. The van der Waals surface area contributed by atoms with Crippen LogP contribution >= 0.6 is 0 Å². The van der Waals surface area contributed by atoms with Gasteiger partial charge in [-0.1, -0.05) is 12.1 Å². The van der Waals surface area contributed by atoms with Gasteiger partial charge in [0, 0.05) is 25.4 Å². The van der Waals surface area contributed by atoms with E-state index in [4.69, 9.17) is 4.52 Å². The van der Waals surface area contributed by atoms with Gasteiger partial charge in [0.1, 0.15) is 5.76 Å². The van der Waals surface area contributed by atoms with Crippen molar-refractivity contribution in [2.24, 2.45) is 5.92 Å². The van der Waals surface area contributed by atoms with E-state index in [1.165, 1.54) is 6.42 Å². The van der Waals surface area contributed by atoms with Gasteiger partial charge in [-0.25, -0.2) is 0 Å². The van der Waals surface area contributed by atoms with Gasteiger partial charge < -0.3 is 14.7 Å². The molecule has 3 rings (SSSR count). The molecule has 0 bridgehead atoms. The lowest BCUT2D eigenvalue weighted by Gasteiger charge is -2.31. The molecule has 6 nitrogen and oxygen atoms in total. The summed E-state index contributed by atoms with van der Waals surface area (Å²) >= 11 is 0. The number of nitrogens with zero attached hydrogens (tertiary/aromatic N) is 3. The number of hydrogen-bond acceptors (Lipinski definition) is 5. The molecule has 1 atom stereocenters. The van der Waals surface area contributed by atoms with E-state index in [9.17, 15) is 4.79 Å². The minimum Gasteiger partial charge on any atom is -0.360 e. The minimum atomic E-state index is 0.0408. The Hall–Kier alpha value is -2.37. The molecule has 1 unspecified atom stereocenters. The number of carbonyl (C=O) groups excluding carboxylic acids is 1. The molecule has 6 heteroatoms. The van der Waals surface area contributed by atoms with Crippen LogP contribution in [0.15, 0.2) is 29.0 Å². The van der Waals surface area contributed by atoms with E-state index in [2.05, 4.69) is 22.4 Å². The molecule has 1 aliphatic heterocycles. The van der Waals surface area contributed by atoms with E-state index in [1.54, 1.807) is 24.5 Å². The summed E-state index contributed by atoms with van der Waals surface area (Å²) in [6, 6.07) is 3.60. The van der Waals surface area contributed by atoms with Crippen molar-refractivity contribution in [2.45, 2.75) is 26.7 Å². The van der Waals surface area contributed by atoms with Crippen LogP contribution in [0.2, 0.25) is 0 Å². The van der Waals surface area contributed by atoms with Crippen molar-refractivity contribution >= 4 is 17.4 Å². The molecule has 1 saturated heterocycles. The van der Waals surface area contributed by atoms with Crippen LogP contribution in [0.1, 0.15) is 35.9 Å². The Balaban J connectivity index is 1.74. The average molecular weight is 300 g/mol. The monoisotopic (exact) mass is 300 g/mol. The number of aromatic nitrogens is 2. The number of aryl methyl sites for hydroxylation is 1. The standard InChI is InChI=1S/C16H20N4O2/c1-11-4-3-5-20(10-11)16(21)13-7-14(9-17-8-13)18-15-6-12(2)22-19-15/h6-9,11H,3-5,10H2,1-2H3,(H,18,19). The first kappa shape index (κ1) is 14.6. The molecular weight excluding hydrogens is 280 g/mol. The summed E-state index contributed by atoms with van der Waals surface area (Å²) in [5.41, 5.74) is 1.32. The largest absolute Gasteiger partial charge is 0.360 e. The Kier molecular flexibility index (Phi) is 4.09. The van der Waals surface area contributed by atoms with Gasteiger partial charge in [0.05, 0.1) is 17.4 Å². The average Bonchev–Trinajstić information content (AvgIpc) is 2.92. The molecule has 1 fully saturated rings. The molecule has 2 aromatic rings. The van der Waals surface area contributed by atoms with Gasteiger partial charge >= 0.3 is 0 Å². The Labute approximate surface area is 129 Å². The first-order chi connectivity index (χ1) is 10.6. The van der Waals surface area contributed by atoms with Crippen molar-refractivity contribution in [1.82, 2.24) is 15.0 Å². The predicted molar refractivity (Wildman–Crippen MR) is 83.1 cm³/mol. The van der Waals surface area contributed by atoms with Gasteiger partial charge in [0.15, 0.2) is 5.82 Å². The molecule has 3 heterocycles. The summed E-state index contributed by atoms with van der Waals surface area (Å²) in [7, 11) is 0. The van der Waals surface area contributed by atoms with Crippen LogP contribution in [0.5, 0.6) is 0 Å². The fourth-order valence-electron chi connectivity index (χ4n) is 2.75. The number of likely N-dealkylation sites (tertiary alicyclic amines) is 1. The minimum absolute atomic E-state index is 0.0408. The van der Waals surface area contributed by atoms with E-state index >= 15 is 0 Å². The lowest BCUT2D eigenvalue weighted by atomic mass is 10.00. The number of piperidine rings is 1. The highest BCUT2D eigenvalue weighted by atomic mass is 16.5. The molecule has 0 radical (unpaired) electrons. The highest BCUT2D eigenvalue weighted by Gasteiger charge is 2.22. The number of rotatable bonds is 3. The second kappa shape index (κ2) is 6.17. The molecule has 22 heavy (non-hydrogen) atoms. The fraction of sp³-hybridized carbons (Fsp3) is 0.438. The second-order valence-electron chi connectivity index (χ2n) is 5.91. The van der Waals surface area contributed by atoms with E-state index in [-0.39, 0.29) is 5.91 Å². The molecule has 1 amide bonds. The normalized spacial score (nSPS) is 18.3. The maximum atomic E-state index is 12.6. The molecule has 0 aliphatic carbocycles. The Bertz CT molecular complexity index is 668. The van der Waals surface area contributed by atoms with Gasteiger partial charge in [-0.3, -0.25) is 9.78 Å². The van der Waals surface area contributed by atoms with Crippen LogP contribution < -0.4 is 5.32 Å². The number of pyridine rings is 1. The maximum absolute atomic E-state index is 12.6. The first-order valence-electron chi connectivity index (χ1n) is 7.56. The summed E-state index contributed by atoms with van der Waals surface area (Å²) in [6.45, 7) is 5.65. The van der Waals surface area contributed by atoms with Crippen molar-refractivity contribution in [3.63, 3.8) is 0 Å². The van der Waals surface area contributed by atoms with Gasteiger partial charge in [-0.05, 0) is 31.7 Å². The van der Waals surface area contributed by atoms with Crippen LogP contribution in [0.4, 0.5) is 11.5 Å². The maximum Gasteiger partial charge on any atom is 0.255 e. The topological polar surface area (TPSA) is 71.3 Å². The second-order valence-corrected chi connectivity index (χ2v) is 5.91. The first-order valence-corrected chi connectivity index (χ1v) is 7.56. The van der Waals surface area contributed by atoms with Gasteiger partial charge in [-0.15, -0.1) is 0 Å². The smallest absolute Gasteiger partial charge is 0.255 e. The highest BCUT2D eigenvalue weighted by Crippen LogP contribution is 2.20. The molecule has 0 spiro atoms. The summed E-state index contributed by atoms with van der Waals surface area (Å²) in [5.74, 6) is 1.93. The number of anilines is 2.